The fourth-order valence-corrected chi connectivity index (χ4v) is 1.94. The molecule has 0 amide bonds. The third kappa shape index (κ3) is 4.92. The van der Waals surface area contributed by atoms with Crippen LogP contribution in [0.25, 0.3) is 0 Å². The van der Waals surface area contributed by atoms with E-state index < -0.39 is 0 Å². The van der Waals surface area contributed by atoms with Crippen molar-refractivity contribution in [3.05, 3.63) is 24.0 Å². The first-order valence-corrected chi connectivity index (χ1v) is 6.78. The van der Waals surface area contributed by atoms with Crippen molar-refractivity contribution < 1.29 is 4.74 Å². The molecule has 0 bridgehead atoms. The van der Waals surface area contributed by atoms with Crippen molar-refractivity contribution in [2.24, 2.45) is 0 Å². The summed E-state index contributed by atoms with van der Waals surface area (Å²) in [5.41, 5.74) is 1.39. The van der Waals surface area contributed by atoms with Gasteiger partial charge in [0, 0.05) is 31.6 Å². The molecule has 0 aliphatic rings. The number of hydrogen-bond acceptors (Lipinski definition) is 2. The van der Waals surface area contributed by atoms with E-state index in [0.29, 0.717) is 6.04 Å². The highest BCUT2D eigenvalue weighted by Crippen LogP contribution is 2.16. The molecule has 1 unspecified atom stereocenters. The Hall–Kier alpha value is -0.800. The maximum atomic E-state index is 5.36. The van der Waals surface area contributed by atoms with Crippen LogP contribution in [0.2, 0.25) is 0 Å². The third-order valence-corrected chi connectivity index (χ3v) is 2.92. The van der Waals surface area contributed by atoms with Gasteiger partial charge >= 0.3 is 0 Å². The maximum absolute atomic E-state index is 5.36. The number of nitrogens with one attached hydrogen (secondary N) is 1. The summed E-state index contributed by atoms with van der Waals surface area (Å²) in [6.45, 7) is 10.1. The molecule has 0 aromatic carbocycles. The average molecular weight is 238 g/mol. The van der Waals surface area contributed by atoms with Crippen LogP contribution >= 0.6 is 0 Å². The Bertz CT molecular complexity index is 296. The van der Waals surface area contributed by atoms with Crippen LogP contribution in [-0.4, -0.2) is 24.3 Å². The Morgan fingerprint density at radius 2 is 2.18 bits per heavy atom. The second-order valence-corrected chi connectivity index (χ2v) is 4.29. The van der Waals surface area contributed by atoms with Crippen molar-refractivity contribution in [3.8, 4) is 0 Å². The molecule has 0 fully saturated rings. The van der Waals surface area contributed by atoms with Crippen molar-refractivity contribution in [3.63, 3.8) is 0 Å². The predicted octanol–water partition coefficient (Wildman–Crippen LogP) is 2.98. The highest BCUT2D eigenvalue weighted by Gasteiger charge is 2.09. The second-order valence-electron chi connectivity index (χ2n) is 4.29. The number of hydrogen-bond donors (Lipinski definition) is 1. The van der Waals surface area contributed by atoms with Gasteiger partial charge in [0.2, 0.25) is 0 Å². The molecule has 3 heteroatoms. The summed E-state index contributed by atoms with van der Waals surface area (Å²) in [5, 5.41) is 3.57. The molecule has 0 radical (unpaired) electrons. The summed E-state index contributed by atoms with van der Waals surface area (Å²) in [4.78, 5) is 0. The molecule has 1 rings (SSSR count). The number of rotatable bonds is 9. The summed E-state index contributed by atoms with van der Waals surface area (Å²) in [6, 6.07) is 2.70. The van der Waals surface area contributed by atoms with Crippen molar-refractivity contribution in [1.82, 2.24) is 9.88 Å². The zero-order valence-electron chi connectivity index (χ0n) is 11.4. The molecule has 98 valence electrons. The molecule has 1 heterocycles. The first-order chi connectivity index (χ1) is 8.31. The number of aromatic nitrogens is 1. The Labute approximate surface area is 105 Å². The molecular formula is C14H26N2O. The van der Waals surface area contributed by atoms with E-state index in [9.17, 15) is 0 Å². The van der Waals surface area contributed by atoms with Gasteiger partial charge in [-0.25, -0.2) is 0 Å². The molecule has 1 N–H and O–H groups in total. The van der Waals surface area contributed by atoms with E-state index in [4.69, 9.17) is 4.74 Å². The van der Waals surface area contributed by atoms with E-state index >= 15 is 0 Å². The van der Waals surface area contributed by atoms with E-state index in [1.807, 2.05) is 6.92 Å². The fourth-order valence-electron chi connectivity index (χ4n) is 1.94. The Morgan fingerprint density at radius 3 is 2.82 bits per heavy atom. The molecule has 0 saturated carbocycles. The van der Waals surface area contributed by atoms with Gasteiger partial charge in [-0.05, 0) is 37.9 Å². The molecule has 17 heavy (non-hydrogen) atoms. The van der Waals surface area contributed by atoms with Gasteiger partial charge in [-0.2, -0.15) is 0 Å². The van der Waals surface area contributed by atoms with Crippen molar-refractivity contribution in [1.29, 1.82) is 0 Å². The lowest BCUT2D eigenvalue weighted by atomic mass is 10.1. The number of ether oxygens (including phenoxy) is 1. The fraction of sp³-hybridized carbons (Fsp3) is 0.714. The minimum Gasteiger partial charge on any atom is -0.380 e. The van der Waals surface area contributed by atoms with Crippen molar-refractivity contribution in [2.75, 3.05) is 19.8 Å². The van der Waals surface area contributed by atoms with Crippen LogP contribution in [-0.2, 0) is 11.3 Å². The van der Waals surface area contributed by atoms with Gasteiger partial charge < -0.3 is 14.6 Å². The predicted molar refractivity (Wildman–Crippen MR) is 72.3 cm³/mol. The van der Waals surface area contributed by atoms with Crippen LogP contribution in [0.4, 0.5) is 0 Å². The maximum Gasteiger partial charge on any atom is 0.0645 e. The van der Waals surface area contributed by atoms with Gasteiger partial charge in [-0.15, -0.1) is 0 Å². The molecule has 1 aromatic heterocycles. The standard InChI is InChI=1S/C14H26N2O/c1-4-8-15-14(5-2)13-7-9-16(12-13)10-11-17-6-3/h7,9,12,14-15H,4-6,8,10-11H2,1-3H3. The monoisotopic (exact) mass is 238 g/mol. The average Bonchev–Trinajstić information content (AvgIpc) is 2.79. The van der Waals surface area contributed by atoms with Crippen LogP contribution in [0.3, 0.4) is 0 Å². The van der Waals surface area contributed by atoms with Crippen LogP contribution in [0, 0.1) is 0 Å². The lowest BCUT2D eigenvalue weighted by Gasteiger charge is -2.15. The van der Waals surface area contributed by atoms with Gasteiger partial charge in [0.05, 0.1) is 6.61 Å². The third-order valence-electron chi connectivity index (χ3n) is 2.92. The SMILES string of the molecule is CCCNC(CC)c1ccn(CCOCC)c1. The van der Waals surface area contributed by atoms with Gasteiger partial charge in [0.1, 0.15) is 0 Å². The quantitative estimate of drug-likeness (QED) is 0.669. The smallest absolute Gasteiger partial charge is 0.0645 e. The topological polar surface area (TPSA) is 26.2 Å². The van der Waals surface area contributed by atoms with E-state index in [2.05, 4.69) is 42.2 Å². The zero-order valence-corrected chi connectivity index (χ0v) is 11.4. The molecule has 1 atom stereocenters. The van der Waals surface area contributed by atoms with Gasteiger partial charge in [0.15, 0.2) is 0 Å². The largest absolute Gasteiger partial charge is 0.380 e. The molecule has 1 aromatic rings. The summed E-state index contributed by atoms with van der Waals surface area (Å²) in [6.07, 6.45) is 6.69. The van der Waals surface area contributed by atoms with Crippen molar-refractivity contribution >= 4 is 0 Å². The van der Waals surface area contributed by atoms with Crippen LogP contribution in [0.15, 0.2) is 18.5 Å². The minimum atomic E-state index is 0.489. The molecule has 0 spiro atoms. The van der Waals surface area contributed by atoms with E-state index in [1.54, 1.807) is 0 Å². The Morgan fingerprint density at radius 1 is 1.35 bits per heavy atom. The molecule has 0 aliphatic heterocycles. The van der Waals surface area contributed by atoms with Gasteiger partial charge in [-0.3, -0.25) is 0 Å². The summed E-state index contributed by atoms with van der Waals surface area (Å²) in [7, 11) is 0. The first-order valence-electron chi connectivity index (χ1n) is 6.78. The summed E-state index contributed by atoms with van der Waals surface area (Å²) < 4.78 is 7.57. The molecule has 0 saturated heterocycles. The van der Waals surface area contributed by atoms with E-state index in [-0.39, 0.29) is 0 Å². The first kappa shape index (κ1) is 14.3. The normalized spacial score (nSPS) is 12.9. The van der Waals surface area contributed by atoms with Crippen LogP contribution in [0.1, 0.15) is 45.2 Å². The van der Waals surface area contributed by atoms with Gasteiger partial charge in [0.25, 0.3) is 0 Å². The molecule has 0 aliphatic carbocycles. The Balaban J connectivity index is 2.46. The number of nitrogens with zero attached hydrogens (tertiary/aromatic N) is 1. The lowest BCUT2D eigenvalue weighted by molar-refractivity contribution is 0.139. The van der Waals surface area contributed by atoms with Crippen molar-refractivity contribution in [2.45, 2.75) is 46.2 Å². The van der Waals surface area contributed by atoms with E-state index in [1.165, 1.54) is 12.0 Å². The summed E-state index contributed by atoms with van der Waals surface area (Å²) in [5.74, 6) is 0. The molecular weight excluding hydrogens is 212 g/mol. The summed E-state index contributed by atoms with van der Waals surface area (Å²) >= 11 is 0. The highest BCUT2D eigenvalue weighted by molar-refractivity contribution is 5.15. The van der Waals surface area contributed by atoms with Crippen LogP contribution < -0.4 is 5.32 Å². The van der Waals surface area contributed by atoms with E-state index in [0.717, 1.165) is 32.7 Å². The Kier molecular flexibility index (Phi) is 6.97. The molecule has 3 nitrogen and oxygen atoms in total. The zero-order chi connectivity index (χ0) is 12.5. The van der Waals surface area contributed by atoms with Crippen LogP contribution in [0.5, 0.6) is 0 Å². The second kappa shape index (κ2) is 8.31. The lowest BCUT2D eigenvalue weighted by Crippen LogP contribution is -2.21. The minimum absolute atomic E-state index is 0.489. The highest BCUT2D eigenvalue weighted by atomic mass is 16.5. The van der Waals surface area contributed by atoms with Gasteiger partial charge in [-0.1, -0.05) is 13.8 Å².